The van der Waals surface area contributed by atoms with Crippen LogP contribution in [0.1, 0.15) is 87.4 Å². The van der Waals surface area contributed by atoms with Crippen molar-refractivity contribution in [3.05, 3.63) is 53.7 Å². The maximum absolute atomic E-state index is 12.6. The first kappa shape index (κ1) is 39.0. The second-order valence-corrected chi connectivity index (χ2v) is 19.0. The molecule has 248 valence electrons. The van der Waals surface area contributed by atoms with Crippen molar-refractivity contribution in [2.24, 2.45) is 0 Å². The molecule has 0 saturated heterocycles. The maximum atomic E-state index is 12.6. The van der Waals surface area contributed by atoms with E-state index in [1.54, 1.807) is 19.9 Å². The average molecular weight is 664 g/mol. The lowest BCUT2D eigenvalue weighted by Gasteiger charge is -2.26. The van der Waals surface area contributed by atoms with Gasteiger partial charge in [-0.15, -0.1) is 0 Å². The summed E-state index contributed by atoms with van der Waals surface area (Å²) in [5.74, 6) is -1.80. The van der Waals surface area contributed by atoms with E-state index in [4.69, 9.17) is 0 Å². The summed E-state index contributed by atoms with van der Waals surface area (Å²) in [6.45, 7) is 17.6. The molecule has 0 bridgehead atoms. The highest BCUT2D eigenvalue weighted by Gasteiger charge is 2.44. The van der Waals surface area contributed by atoms with Gasteiger partial charge in [0, 0.05) is 5.69 Å². The van der Waals surface area contributed by atoms with Crippen LogP contribution < -0.4 is 10.6 Å². The summed E-state index contributed by atoms with van der Waals surface area (Å²) in [7, 11) is -7.34. The molecule has 14 heteroatoms. The van der Waals surface area contributed by atoms with Gasteiger partial charge in [0.15, 0.2) is 19.7 Å². The Morgan fingerprint density at radius 2 is 1.14 bits per heavy atom. The summed E-state index contributed by atoms with van der Waals surface area (Å²) < 4.78 is 83.4. The van der Waals surface area contributed by atoms with Gasteiger partial charge in [-0.25, -0.2) is 21.8 Å². The van der Waals surface area contributed by atoms with Gasteiger partial charge in [0.05, 0.1) is 10.5 Å². The third kappa shape index (κ3) is 9.02. The van der Waals surface area contributed by atoms with Gasteiger partial charge in [0.2, 0.25) is 11.8 Å². The van der Waals surface area contributed by atoms with Gasteiger partial charge in [-0.05, 0) is 90.6 Å². The summed E-state index contributed by atoms with van der Waals surface area (Å²) in [6.07, 6.45) is -4.65. The number of hydrogen-bond donors (Lipinski definition) is 2. The Balaban J connectivity index is 0.000000440. The van der Waals surface area contributed by atoms with Gasteiger partial charge < -0.3 is 10.6 Å². The van der Waals surface area contributed by atoms with Crippen molar-refractivity contribution in [3.8, 4) is 0 Å². The molecule has 1 heterocycles. The van der Waals surface area contributed by atoms with Gasteiger partial charge in [-0.1, -0.05) is 39.0 Å². The van der Waals surface area contributed by atoms with Crippen LogP contribution in [-0.2, 0) is 40.9 Å². The minimum absolute atomic E-state index is 0.0414. The van der Waals surface area contributed by atoms with Crippen molar-refractivity contribution < 1.29 is 39.6 Å². The van der Waals surface area contributed by atoms with Crippen LogP contribution in [0.25, 0.3) is 0 Å². The van der Waals surface area contributed by atoms with E-state index in [0.717, 1.165) is 23.8 Å². The molecule has 0 unspecified atom stereocenters. The van der Waals surface area contributed by atoms with E-state index in [1.807, 2.05) is 18.2 Å². The van der Waals surface area contributed by atoms with Crippen LogP contribution in [0.15, 0.2) is 42.5 Å². The molecule has 2 aromatic rings. The molecule has 44 heavy (non-hydrogen) atoms. The molecule has 1 aromatic carbocycles. The minimum atomic E-state index is -4.65. The number of alkyl halides is 3. The fourth-order valence-electron chi connectivity index (χ4n) is 3.71. The zero-order valence-corrected chi connectivity index (χ0v) is 28.7. The third-order valence-corrected chi connectivity index (χ3v) is 12.7. The number of amides is 2. The van der Waals surface area contributed by atoms with Crippen LogP contribution in [0.2, 0.25) is 0 Å². The molecule has 0 atom stereocenters. The Morgan fingerprint density at radius 3 is 1.55 bits per heavy atom. The number of pyridine rings is 1. The van der Waals surface area contributed by atoms with Crippen molar-refractivity contribution in [2.75, 3.05) is 10.6 Å². The molecular formula is C30H44F3N3O6S2. The summed E-state index contributed by atoms with van der Waals surface area (Å²) in [6, 6.07) is 10.5. The second-order valence-electron chi connectivity index (χ2n) is 12.9. The van der Waals surface area contributed by atoms with Crippen LogP contribution in [0.4, 0.5) is 24.7 Å². The highest BCUT2D eigenvalue weighted by Crippen LogP contribution is 2.30. The molecular weight excluding hydrogens is 619 g/mol. The van der Waals surface area contributed by atoms with Gasteiger partial charge in [0.25, 0.3) is 0 Å². The Morgan fingerprint density at radius 1 is 0.705 bits per heavy atom. The number of rotatable bonds is 8. The van der Waals surface area contributed by atoms with Crippen LogP contribution in [-0.4, -0.2) is 53.6 Å². The number of sulfone groups is 2. The molecule has 0 radical (unpaired) electrons. The minimum Gasteiger partial charge on any atom is -0.325 e. The number of hydrogen-bond acceptors (Lipinski definition) is 7. The summed E-state index contributed by atoms with van der Waals surface area (Å²) in [4.78, 5) is 27.9. The quantitative estimate of drug-likeness (QED) is 0.345. The van der Waals surface area contributed by atoms with Gasteiger partial charge in [-0.2, -0.15) is 13.2 Å². The lowest BCUT2D eigenvalue weighted by atomic mass is 9.87. The zero-order chi connectivity index (χ0) is 34.7. The Labute approximate surface area is 259 Å². The predicted molar refractivity (Wildman–Crippen MR) is 168 cm³/mol. The molecule has 0 fully saturated rings. The number of nitrogens with zero attached hydrogens (tertiary/aromatic N) is 1. The highest BCUT2D eigenvalue weighted by molar-refractivity contribution is 7.94. The normalized spacial score (nSPS) is 13.3. The number of nitrogens with one attached hydrogen (secondary N) is 2. The summed E-state index contributed by atoms with van der Waals surface area (Å²) >= 11 is 0. The summed E-state index contributed by atoms with van der Waals surface area (Å²) in [5, 5.41) is 3.46. The van der Waals surface area contributed by atoms with Crippen LogP contribution >= 0.6 is 0 Å². The van der Waals surface area contributed by atoms with Crippen molar-refractivity contribution in [3.63, 3.8) is 0 Å². The Kier molecular flexibility index (Phi) is 12.0. The molecule has 0 aliphatic rings. The molecule has 0 aliphatic heterocycles. The van der Waals surface area contributed by atoms with E-state index >= 15 is 0 Å². The van der Waals surface area contributed by atoms with Crippen molar-refractivity contribution in [2.45, 2.75) is 108 Å². The molecule has 0 saturated carbocycles. The van der Waals surface area contributed by atoms with Crippen LogP contribution in [0, 0.1) is 0 Å². The Hall–Kier alpha value is -3.00. The van der Waals surface area contributed by atoms with Crippen LogP contribution in [0.3, 0.4) is 0 Å². The van der Waals surface area contributed by atoms with E-state index in [-0.39, 0.29) is 11.2 Å². The van der Waals surface area contributed by atoms with Crippen molar-refractivity contribution in [1.82, 2.24) is 4.98 Å². The van der Waals surface area contributed by atoms with E-state index in [9.17, 15) is 39.6 Å². The number of benzene rings is 1. The molecule has 1 aromatic heterocycles. The largest absolute Gasteiger partial charge is 0.433 e. The fraction of sp³-hybridized carbons (Fsp3) is 0.567. The van der Waals surface area contributed by atoms with E-state index in [0.29, 0.717) is 5.69 Å². The van der Waals surface area contributed by atoms with E-state index in [1.165, 1.54) is 41.5 Å². The predicted octanol–water partition coefficient (Wildman–Crippen LogP) is 6.17. The van der Waals surface area contributed by atoms with Gasteiger partial charge >= 0.3 is 6.18 Å². The zero-order valence-electron chi connectivity index (χ0n) is 27.0. The molecule has 2 N–H and O–H groups in total. The second kappa shape index (κ2) is 13.6. The molecule has 0 spiro atoms. The van der Waals surface area contributed by atoms with Crippen LogP contribution in [0.5, 0.6) is 0 Å². The third-order valence-electron chi connectivity index (χ3n) is 7.03. The molecule has 2 rings (SSSR count). The number of aromatic nitrogens is 1. The molecule has 2 amide bonds. The van der Waals surface area contributed by atoms with Crippen molar-refractivity contribution >= 4 is 43.0 Å². The lowest BCUT2D eigenvalue weighted by molar-refractivity contribution is -0.141. The Bertz CT molecular complexity index is 1440. The average Bonchev–Trinajstić information content (AvgIpc) is 2.87. The van der Waals surface area contributed by atoms with Gasteiger partial charge in [-0.3, -0.25) is 9.59 Å². The smallest absolute Gasteiger partial charge is 0.325 e. The SMILES string of the molecule is CC(C)S(=O)(=O)C(C)(C)C(=O)Nc1cccc(C(C)(C)C)c1.CC(C)S(=O)(=O)C(C)(C)C(=O)Nc1cccc(C(F)(F)F)n1. The topological polar surface area (TPSA) is 139 Å². The van der Waals surface area contributed by atoms with Gasteiger partial charge in [0.1, 0.15) is 21.0 Å². The number of carbonyl (C=O) groups excluding carboxylic acids is 2. The summed E-state index contributed by atoms with van der Waals surface area (Å²) in [5.41, 5.74) is 0.481. The number of anilines is 2. The highest BCUT2D eigenvalue weighted by atomic mass is 32.2. The number of carbonyl (C=O) groups is 2. The van der Waals surface area contributed by atoms with Crippen molar-refractivity contribution in [1.29, 1.82) is 0 Å². The number of halogens is 3. The fourth-order valence-corrected chi connectivity index (χ4v) is 6.69. The lowest BCUT2D eigenvalue weighted by Crippen LogP contribution is -2.47. The standard InChI is InChI=1S/C17H27NO3S.C13H17F3N2O3S/c1-12(2)22(20,21)17(6,7)15(19)18-14-10-8-9-13(11-14)16(3,4)5;1-8(2)22(20,21)12(3,4)11(19)18-10-7-5-6-9(17-10)13(14,15)16/h8-12H,1-7H3,(H,18,19);5-8H,1-4H3,(H,17,18,19). The molecule has 9 nitrogen and oxygen atoms in total. The van der Waals surface area contributed by atoms with E-state index in [2.05, 4.69) is 36.4 Å². The monoisotopic (exact) mass is 663 g/mol. The first-order valence-electron chi connectivity index (χ1n) is 13.8. The first-order valence-corrected chi connectivity index (χ1v) is 16.9. The van der Waals surface area contributed by atoms with E-state index < -0.39 is 63.4 Å². The first-order chi connectivity index (χ1) is 19.6. The molecule has 0 aliphatic carbocycles. The maximum Gasteiger partial charge on any atom is 0.433 e.